The average Bonchev–Trinajstić information content (AvgIpc) is 3.16. The Morgan fingerprint density at radius 3 is 2.74 bits per heavy atom. The van der Waals surface area contributed by atoms with E-state index in [1.54, 1.807) is 0 Å². The molecule has 0 amide bonds. The number of rotatable bonds is 5. The van der Waals surface area contributed by atoms with Crippen LogP contribution < -0.4 is 4.74 Å². The smallest absolute Gasteiger partial charge is 0.303 e. The van der Waals surface area contributed by atoms with Gasteiger partial charge in [-0.25, -0.2) is 4.39 Å². The Labute approximate surface area is 118 Å². The van der Waals surface area contributed by atoms with Crippen LogP contribution in [0, 0.1) is 11.7 Å². The van der Waals surface area contributed by atoms with E-state index in [2.05, 4.69) is 15.9 Å². The fourth-order valence-electron chi connectivity index (χ4n) is 2.30. The molecule has 0 radical (unpaired) electrons. The van der Waals surface area contributed by atoms with Crippen LogP contribution in [0.5, 0.6) is 11.5 Å². The maximum absolute atomic E-state index is 13.8. The number of aliphatic carboxylic acids is 1. The summed E-state index contributed by atoms with van der Waals surface area (Å²) in [6.07, 6.45) is 1.65. The molecule has 1 fully saturated rings. The number of carbonyl (C=O) groups is 1. The number of ether oxygens (including phenoxy) is 1. The Kier molecular flexibility index (Phi) is 3.99. The molecule has 6 heteroatoms. The van der Waals surface area contributed by atoms with Crippen LogP contribution >= 0.6 is 15.9 Å². The van der Waals surface area contributed by atoms with Crippen LogP contribution in [0.2, 0.25) is 0 Å². The minimum Gasteiger partial charge on any atom is -0.504 e. The van der Waals surface area contributed by atoms with Crippen molar-refractivity contribution >= 4 is 21.9 Å². The SMILES string of the molecule is COc1cc(F)c(Br)c(C(CC(=O)O)C2CC2)c1O. The second-order valence-electron chi connectivity index (χ2n) is 4.68. The minimum atomic E-state index is -0.966. The third-order valence-electron chi connectivity index (χ3n) is 3.37. The molecule has 0 spiro atoms. The molecule has 0 aliphatic heterocycles. The maximum Gasteiger partial charge on any atom is 0.303 e. The van der Waals surface area contributed by atoms with E-state index < -0.39 is 17.7 Å². The summed E-state index contributed by atoms with van der Waals surface area (Å²) in [4.78, 5) is 11.0. The molecule has 0 aromatic heterocycles. The number of methoxy groups -OCH3 is 1. The Bertz CT molecular complexity index is 514. The van der Waals surface area contributed by atoms with E-state index in [9.17, 15) is 14.3 Å². The molecule has 0 heterocycles. The van der Waals surface area contributed by atoms with Gasteiger partial charge in [0.25, 0.3) is 0 Å². The van der Waals surface area contributed by atoms with E-state index in [0.717, 1.165) is 18.9 Å². The van der Waals surface area contributed by atoms with Crippen molar-refractivity contribution in [3.05, 3.63) is 21.9 Å². The summed E-state index contributed by atoms with van der Waals surface area (Å²) in [6.45, 7) is 0. The number of aromatic hydroxyl groups is 1. The van der Waals surface area contributed by atoms with Crippen LogP contribution in [0.15, 0.2) is 10.5 Å². The molecular weight excluding hydrogens is 319 g/mol. The summed E-state index contributed by atoms with van der Waals surface area (Å²) < 4.78 is 18.8. The first-order valence-electron chi connectivity index (χ1n) is 5.92. The number of benzene rings is 1. The number of phenols is 1. The molecule has 2 rings (SSSR count). The van der Waals surface area contributed by atoms with Gasteiger partial charge >= 0.3 is 5.97 Å². The molecule has 0 bridgehead atoms. The molecule has 4 nitrogen and oxygen atoms in total. The summed E-state index contributed by atoms with van der Waals surface area (Å²) >= 11 is 3.10. The number of hydrogen-bond acceptors (Lipinski definition) is 3. The molecule has 104 valence electrons. The Hall–Kier alpha value is -1.30. The summed E-state index contributed by atoms with van der Waals surface area (Å²) in [7, 11) is 1.33. The summed E-state index contributed by atoms with van der Waals surface area (Å²) in [6, 6.07) is 1.08. The molecular formula is C13H14BrFO4. The molecule has 1 atom stereocenters. The molecule has 0 saturated heterocycles. The number of carboxylic acid groups (broad SMARTS) is 1. The van der Waals surface area contributed by atoms with Gasteiger partial charge in [-0.15, -0.1) is 0 Å². The lowest BCUT2D eigenvalue weighted by atomic mass is 9.90. The zero-order valence-electron chi connectivity index (χ0n) is 10.3. The lowest BCUT2D eigenvalue weighted by Gasteiger charge is -2.19. The van der Waals surface area contributed by atoms with E-state index in [1.807, 2.05) is 0 Å². The van der Waals surface area contributed by atoms with Crippen molar-refractivity contribution in [2.75, 3.05) is 7.11 Å². The van der Waals surface area contributed by atoms with Crippen molar-refractivity contribution in [1.29, 1.82) is 0 Å². The van der Waals surface area contributed by atoms with E-state index >= 15 is 0 Å². The van der Waals surface area contributed by atoms with Gasteiger partial charge in [-0.05, 0) is 34.7 Å². The maximum atomic E-state index is 13.8. The average molecular weight is 333 g/mol. The summed E-state index contributed by atoms with van der Waals surface area (Å²) in [5, 5.41) is 19.1. The predicted molar refractivity (Wildman–Crippen MR) is 70.0 cm³/mol. The number of carboxylic acids is 1. The molecule has 1 aromatic rings. The summed E-state index contributed by atoms with van der Waals surface area (Å²) in [5.41, 5.74) is 0.293. The summed E-state index contributed by atoms with van der Waals surface area (Å²) in [5.74, 6) is -1.94. The Balaban J connectivity index is 2.51. The highest BCUT2D eigenvalue weighted by Gasteiger charge is 2.37. The lowest BCUT2D eigenvalue weighted by Crippen LogP contribution is -2.10. The molecule has 19 heavy (non-hydrogen) atoms. The van der Waals surface area contributed by atoms with Crippen molar-refractivity contribution in [2.45, 2.75) is 25.2 Å². The number of phenolic OH excluding ortho intramolecular Hbond substituents is 1. The highest BCUT2D eigenvalue weighted by Crippen LogP contribution is 2.51. The Morgan fingerprint density at radius 1 is 1.63 bits per heavy atom. The molecule has 1 aromatic carbocycles. The van der Waals surface area contributed by atoms with E-state index in [4.69, 9.17) is 9.84 Å². The van der Waals surface area contributed by atoms with Gasteiger partial charge in [0.1, 0.15) is 5.82 Å². The third kappa shape index (κ3) is 2.83. The molecule has 2 N–H and O–H groups in total. The topological polar surface area (TPSA) is 66.8 Å². The zero-order valence-corrected chi connectivity index (χ0v) is 11.9. The zero-order chi connectivity index (χ0) is 14.2. The van der Waals surface area contributed by atoms with Gasteiger partial charge in [0, 0.05) is 17.5 Å². The van der Waals surface area contributed by atoms with Gasteiger partial charge in [-0.1, -0.05) is 0 Å². The van der Waals surface area contributed by atoms with Crippen molar-refractivity contribution in [3.63, 3.8) is 0 Å². The standard InChI is InChI=1S/C13H14BrFO4/c1-19-9-5-8(15)12(14)11(13(9)18)7(4-10(16)17)6-2-3-6/h5-7,18H,2-4H2,1H3,(H,16,17). The fourth-order valence-corrected chi connectivity index (χ4v) is 2.89. The van der Waals surface area contributed by atoms with Crippen molar-refractivity contribution < 1.29 is 24.1 Å². The lowest BCUT2D eigenvalue weighted by molar-refractivity contribution is -0.137. The first-order chi connectivity index (χ1) is 8.95. The van der Waals surface area contributed by atoms with Gasteiger partial charge < -0.3 is 14.9 Å². The van der Waals surface area contributed by atoms with Crippen LogP contribution in [0.4, 0.5) is 4.39 Å². The van der Waals surface area contributed by atoms with E-state index in [0.29, 0.717) is 5.56 Å². The second-order valence-corrected chi connectivity index (χ2v) is 5.47. The minimum absolute atomic E-state index is 0.0201. The first kappa shape index (κ1) is 14.1. The first-order valence-corrected chi connectivity index (χ1v) is 6.71. The van der Waals surface area contributed by atoms with Crippen molar-refractivity contribution in [1.82, 2.24) is 0 Å². The molecule has 1 aliphatic carbocycles. The van der Waals surface area contributed by atoms with Gasteiger partial charge in [-0.2, -0.15) is 0 Å². The molecule has 1 saturated carbocycles. The number of hydrogen-bond donors (Lipinski definition) is 2. The van der Waals surface area contributed by atoms with Crippen LogP contribution in [-0.2, 0) is 4.79 Å². The van der Waals surface area contributed by atoms with Gasteiger partial charge in [0.2, 0.25) is 0 Å². The Morgan fingerprint density at radius 2 is 2.26 bits per heavy atom. The van der Waals surface area contributed by atoms with Crippen LogP contribution in [-0.4, -0.2) is 23.3 Å². The highest BCUT2D eigenvalue weighted by atomic mass is 79.9. The van der Waals surface area contributed by atoms with Gasteiger partial charge in [0.15, 0.2) is 11.5 Å². The monoisotopic (exact) mass is 332 g/mol. The number of halogens is 2. The normalized spacial score (nSPS) is 16.2. The highest BCUT2D eigenvalue weighted by molar-refractivity contribution is 9.10. The molecule has 1 unspecified atom stereocenters. The van der Waals surface area contributed by atoms with Crippen molar-refractivity contribution in [2.24, 2.45) is 5.92 Å². The molecule has 1 aliphatic rings. The predicted octanol–water partition coefficient (Wildman–Crippen LogP) is 3.27. The van der Waals surface area contributed by atoms with E-state index in [1.165, 1.54) is 7.11 Å². The van der Waals surface area contributed by atoms with Gasteiger partial charge in [0.05, 0.1) is 18.0 Å². The van der Waals surface area contributed by atoms with Gasteiger partial charge in [-0.3, -0.25) is 4.79 Å². The quantitative estimate of drug-likeness (QED) is 0.868. The van der Waals surface area contributed by atoms with Crippen LogP contribution in [0.3, 0.4) is 0 Å². The van der Waals surface area contributed by atoms with E-state index in [-0.39, 0.29) is 28.3 Å². The second kappa shape index (κ2) is 5.36. The van der Waals surface area contributed by atoms with Crippen LogP contribution in [0.1, 0.15) is 30.7 Å². The van der Waals surface area contributed by atoms with Crippen molar-refractivity contribution in [3.8, 4) is 11.5 Å². The fraction of sp³-hybridized carbons (Fsp3) is 0.462. The van der Waals surface area contributed by atoms with Crippen LogP contribution in [0.25, 0.3) is 0 Å². The third-order valence-corrected chi connectivity index (χ3v) is 4.17. The largest absolute Gasteiger partial charge is 0.504 e.